The third kappa shape index (κ3) is 9.10. The van der Waals surface area contributed by atoms with E-state index in [1.165, 1.54) is 17.0 Å². The van der Waals surface area contributed by atoms with E-state index in [0.717, 1.165) is 11.1 Å². The van der Waals surface area contributed by atoms with Gasteiger partial charge in [-0.3, -0.25) is 9.59 Å². The van der Waals surface area contributed by atoms with Gasteiger partial charge in [-0.15, -0.1) is 6.58 Å². The number of aromatic hydroxyl groups is 1. The van der Waals surface area contributed by atoms with Gasteiger partial charge >= 0.3 is 6.09 Å². The maximum Gasteiger partial charge on any atom is 0.408 e. The van der Waals surface area contributed by atoms with Crippen LogP contribution in [0.3, 0.4) is 0 Å². The summed E-state index contributed by atoms with van der Waals surface area (Å²) in [5.74, 6) is -0.229. The van der Waals surface area contributed by atoms with Gasteiger partial charge in [0.15, 0.2) is 0 Å². The van der Waals surface area contributed by atoms with Crippen molar-refractivity contribution in [2.75, 3.05) is 19.0 Å². The maximum absolute atomic E-state index is 14.4. The first-order chi connectivity index (χ1) is 20.3. The number of amides is 3. The number of hydrogen-bond donors (Lipinski definition) is 3. The van der Waals surface area contributed by atoms with Gasteiger partial charge in [-0.1, -0.05) is 36.4 Å². The summed E-state index contributed by atoms with van der Waals surface area (Å²) in [5, 5.41) is 15.4. The molecule has 9 heteroatoms. The quantitative estimate of drug-likeness (QED) is 0.243. The van der Waals surface area contributed by atoms with Gasteiger partial charge in [0.25, 0.3) is 5.91 Å². The number of anilines is 1. The Morgan fingerprint density at radius 3 is 2.23 bits per heavy atom. The minimum atomic E-state index is -1.10. The van der Waals surface area contributed by atoms with Crippen LogP contribution in [0, 0.1) is 13.8 Å². The van der Waals surface area contributed by atoms with Crippen LogP contribution < -0.4 is 15.4 Å². The lowest BCUT2D eigenvalue weighted by Gasteiger charge is -2.34. The highest BCUT2D eigenvalue weighted by molar-refractivity contribution is 5.99. The molecule has 3 aromatic rings. The van der Waals surface area contributed by atoms with Gasteiger partial charge in [0.05, 0.1) is 7.11 Å². The Morgan fingerprint density at radius 2 is 1.65 bits per heavy atom. The van der Waals surface area contributed by atoms with Crippen LogP contribution in [-0.2, 0) is 20.7 Å². The molecule has 0 fully saturated rings. The van der Waals surface area contributed by atoms with Crippen LogP contribution >= 0.6 is 0 Å². The van der Waals surface area contributed by atoms with Crippen molar-refractivity contribution in [2.24, 2.45) is 0 Å². The Labute approximate surface area is 253 Å². The summed E-state index contributed by atoms with van der Waals surface area (Å²) < 4.78 is 10.7. The SMILES string of the molecule is C=CCN(C(=O)C(Cc1ccc(O)cc1)NC(=O)OC(C)(C)C)C(C(=O)Nc1ccc(OC)cc1)c1cccc(C)c1C. The van der Waals surface area contributed by atoms with Crippen LogP contribution in [0.25, 0.3) is 0 Å². The van der Waals surface area contributed by atoms with E-state index >= 15 is 0 Å². The lowest BCUT2D eigenvalue weighted by molar-refractivity contribution is -0.140. The van der Waals surface area contributed by atoms with Crippen molar-refractivity contribution in [1.29, 1.82) is 0 Å². The number of rotatable bonds is 11. The van der Waals surface area contributed by atoms with Crippen molar-refractivity contribution in [2.45, 2.75) is 58.7 Å². The molecule has 0 radical (unpaired) electrons. The summed E-state index contributed by atoms with van der Waals surface area (Å²) in [5.41, 5.74) is 2.88. The second-order valence-electron chi connectivity index (χ2n) is 11.3. The van der Waals surface area contributed by atoms with Gasteiger partial charge < -0.3 is 30.1 Å². The molecule has 0 saturated carbocycles. The predicted molar refractivity (Wildman–Crippen MR) is 167 cm³/mol. The van der Waals surface area contributed by atoms with Crippen molar-refractivity contribution in [1.82, 2.24) is 10.2 Å². The highest BCUT2D eigenvalue weighted by Gasteiger charge is 2.37. The van der Waals surface area contributed by atoms with E-state index in [4.69, 9.17) is 9.47 Å². The molecular formula is C34H41N3O6. The van der Waals surface area contributed by atoms with E-state index in [1.54, 1.807) is 70.4 Å². The van der Waals surface area contributed by atoms with Crippen molar-refractivity contribution in [3.8, 4) is 11.5 Å². The molecule has 0 spiro atoms. The number of phenolic OH excluding ortho intramolecular Hbond substituents is 1. The van der Waals surface area contributed by atoms with Gasteiger partial charge in [0, 0.05) is 18.7 Å². The predicted octanol–water partition coefficient (Wildman–Crippen LogP) is 5.85. The highest BCUT2D eigenvalue weighted by atomic mass is 16.6. The fourth-order valence-electron chi connectivity index (χ4n) is 4.59. The third-order valence-corrected chi connectivity index (χ3v) is 6.83. The van der Waals surface area contributed by atoms with Crippen LogP contribution in [-0.4, -0.2) is 53.2 Å². The van der Waals surface area contributed by atoms with E-state index in [-0.39, 0.29) is 18.7 Å². The number of nitrogens with one attached hydrogen (secondary N) is 2. The number of benzene rings is 3. The molecule has 0 bridgehead atoms. The number of hydrogen-bond acceptors (Lipinski definition) is 6. The first kappa shape index (κ1) is 32.7. The van der Waals surface area contributed by atoms with Gasteiger partial charge in [-0.25, -0.2) is 4.79 Å². The second kappa shape index (κ2) is 14.4. The molecule has 0 heterocycles. The fraction of sp³-hybridized carbons (Fsp3) is 0.324. The van der Waals surface area contributed by atoms with E-state index in [0.29, 0.717) is 22.6 Å². The van der Waals surface area contributed by atoms with Crippen molar-refractivity contribution < 1.29 is 29.0 Å². The Kier molecular flexibility index (Phi) is 11.0. The number of carbonyl (C=O) groups is 3. The van der Waals surface area contributed by atoms with Gasteiger partial charge in [-0.2, -0.15) is 0 Å². The lowest BCUT2D eigenvalue weighted by atomic mass is 9.94. The summed E-state index contributed by atoms with van der Waals surface area (Å²) in [4.78, 5) is 42.8. The van der Waals surface area contributed by atoms with Crippen LogP contribution in [0.1, 0.15) is 49.1 Å². The summed E-state index contributed by atoms with van der Waals surface area (Å²) >= 11 is 0. The van der Waals surface area contributed by atoms with Crippen molar-refractivity contribution >= 4 is 23.6 Å². The maximum atomic E-state index is 14.4. The first-order valence-corrected chi connectivity index (χ1v) is 14.0. The fourth-order valence-corrected chi connectivity index (χ4v) is 4.59. The molecule has 3 N–H and O–H groups in total. The minimum absolute atomic E-state index is 0.0228. The Morgan fingerprint density at radius 1 is 1.00 bits per heavy atom. The van der Waals surface area contributed by atoms with E-state index < -0.39 is 35.6 Å². The molecular weight excluding hydrogens is 546 g/mol. The van der Waals surface area contributed by atoms with Gasteiger partial charge in [0.1, 0.15) is 29.2 Å². The van der Waals surface area contributed by atoms with Crippen LogP contribution in [0.4, 0.5) is 10.5 Å². The molecule has 9 nitrogen and oxygen atoms in total. The standard InChI is InChI=1S/C34H41N3O6/c1-8-20-37(32(40)29(36-33(41)43-34(4,5)6)21-24-12-16-26(38)17-13-24)30(28-11-9-10-22(2)23(28)3)31(39)35-25-14-18-27(42-7)19-15-25/h8-19,29-30,38H,1,20-21H2,2-7H3,(H,35,39)(H,36,41). The second-order valence-corrected chi connectivity index (χ2v) is 11.3. The third-order valence-electron chi connectivity index (χ3n) is 6.83. The molecule has 3 amide bonds. The number of phenols is 1. The zero-order valence-corrected chi connectivity index (χ0v) is 25.6. The Bertz CT molecular complexity index is 1430. The van der Waals surface area contributed by atoms with Crippen molar-refractivity contribution in [3.63, 3.8) is 0 Å². The smallest absolute Gasteiger partial charge is 0.408 e. The molecule has 0 aromatic heterocycles. The number of aryl methyl sites for hydroxylation is 1. The number of nitrogens with zero attached hydrogens (tertiary/aromatic N) is 1. The van der Waals surface area contributed by atoms with Crippen LogP contribution in [0.2, 0.25) is 0 Å². The number of alkyl carbamates (subject to hydrolysis) is 1. The number of ether oxygens (including phenoxy) is 2. The average molecular weight is 588 g/mol. The molecule has 3 aromatic carbocycles. The van der Waals surface area contributed by atoms with Gasteiger partial charge in [0.2, 0.25) is 5.91 Å². The van der Waals surface area contributed by atoms with E-state index in [1.807, 2.05) is 32.0 Å². The zero-order valence-electron chi connectivity index (χ0n) is 25.6. The molecule has 0 aliphatic carbocycles. The van der Waals surface area contributed by atoms with Crippen molar-refractivity contribution in [3.05, 3.63) is 102 Å². The zero-order chi connectivity index (χ0) is 31.7. The lowest BCUT2D eigenvalue weighted by Crippen LogP contribution is -2.53. The molecule has 43 heavy (non-hydrogen) atoms. The van der Waals surface area contributed by atoms with Crippen LogP contribution in [0.5, 0.6) is 11.5 Å². The molecule has 0 aliphatic heterocycles. The molecule has 2 atom stereocenters. The van der Waals surface area contributed by atoms with Gasteiger partial charge in [-0.05, 0) is 93.3 Å². The molecule has 2 unspecified atom stereocenters. The molecule has 0 saturated heterocycles. The summed E-state index contributed by atoms with van der Waals surface area (Å²) in [6, 6.07) is 16.7. The monoisotopic (exact) mass is 587 g/mol. The Balaban J connectivity index is 2.07. The first-order valence-electron chi connectivity index (χ1n) is 14.0. The largest absolute Gasteiger partial charge is 0.508 e. The highest BCUT2D eigenvalue weighted by Crippen LogP contribution is 2.29. The van der Waals surface area contributed by atoms with Crippen LogP contribution in [0.15, 0.2) is 79.4 Å². The normalized spacial score (nSPS) is 12.4. The van der Waals surface area contributed by atoms with E-state index in [2.05, 4.69) is 17.2 Å². The summed E-state index contributed by atoms with van der Waals surface area (Å²) in [7, 11) is 1.56. The van der Waals surface area contributed by atoms with E-state index in [9.17, 15) is 19.5 Å². The average Bonchev–Trinajstić information content (AvgIpc) is 2.94. The molecule has 0 aliphatic rings. The molecule has 3 rings (SSSR count). The minimum Gasteiger partial charge on any atom is -0.508 e. The molecule has 228 valence electrons. The summed E-state index contributed by atoms with van der Waals surface area (Å²) in [6.45, 7) is 12.9. The Hall–Kier alpha value is -4.79. The summed E-state index contributed by atoms with van der Waals surface area (Å²) in [6.07, 6.45) is 0.863. The number of methoxy groups -OCH3 is 1. The topological polar surface area (TPSA) is 117 Å². The number of carbonyl (C=O) groups excluding carboxylic acids is 3.